The number of rotatable bonds is 2. The van der Waals surface area contributed by atoms with Crippen molar-refractivity contribution in [3.8, 4) is 0 Å². The van der Waals surface area contributed by atoms with Crippen molar-refractivity contribution < 1.29 is 13.5 Å². The van der Waals surface area contributed by atoms with Crippen LogP contribution in [0.1, 0.15) is 37.9 Å². The molecule has 0 saturated carbocycles. The summed E-state index contributed by atoms with van der Waals surface area (Å²) in [4.78, 5) is 0. The zero-order chi connectivity index (χ0) is 14.3. The molecule has 5 unspecified atom stereocenters. The zero-order valence-electron chi connectivity index (χ0n) is 11.8. The van der Waals surface area contributed by atoms with Crippen molar-refractivity contribution in [3.05, 3.63) is 34.9 Å². The number of benzene rings is 1. The van der Waals surface area contributed by atoms with E-state index in [9.17, 15) is 8.78 Å². The summed E-state index contributed by atoms with van der Waals surface area (Å²) in [6.07, 6.45) is -0.0405. The average Bonchev–Trinajstić information content (AvgIpc) is 2.58. The normalized spacial score (nSPS) is 32.6. The molecule has 0 amide bonds. The van der Waals surface area contributed by atoms with Crippen LogP contribution in [0.25, 0.3) is 0 Å². The Kier molecular flexibility index (Phi) is 3.92. The lowest BCUT2D eigenvalue weighted by Crippen LogP contribution is -2.32. The van der Waals surface area contributed by atoms with Crippen molar-refractivity contribution in [1.29, 1.82) is 0 Å². The fraction of sp³-hybridized carbons (Fsp3) is 0.600. The minimum Gasteiger partial charge on any atom is -0.375 e. The molecule has 19 heavy (non-hydrogen) atoms. The fourth-order valence-electron chi connectivity index (χ4n) is 3.09. The molecular weight excluding hydrogens is 248 g/mol. The molecule has 1 heterocycles. The van der Waals surface area contributed by atoms with Gasteiger partial charge in [0, 0.05) is 17.5 Å². The predicted molar refractivity (Wildman–Crippen MR) is 70.7 cm³/mol. The Morgan fingerprint density at radius 3 is 2.32 bits per heavy atom. The number of aryl methyl sites for hydroxylation is 1. The van der Waals surface area contributed by atoms with Gasteiger partial charge in [0.2, 0.25) is 0 Å². The first kappa shape index (κ1) is 14.4. The van der Waals surface area contributed by atoms with Crippen molar-refractivity contribution in [3.63, 3.8) is 0 Å². The lowest BCUT2D eigenvalue weighted by Gasteiger charge is -2.27. The standard InChI is InChI=1S/C15H21F2NO/c1-7-5-6-11(16)13(14(7)17)15(18)12-8(2)9(3)19-10(12)4/h5-6,8-10,12,15H,18H2,1-4H3. The van der Waals surface area contributed by atoms with E-state index in [0.717, 1.165) is 0 Å². The third-order valence-electron chi connectivity index (χ3n) is 4.39. The van der Waals surface area contributed by atoms with Gasteiger partial charge in [-0.2, -0.15) is 0 Å². The summed E-state index contributed by atoms with van der Waals surface area (Å²) in [7, 11) is 0. The Labute approximate surface area is 112 Å². The second-order valence-corrected chi connectivity index (χ2v) is 5.60. The summed E-state index contributed by atoms with van der Waals surface area (Å²) in [5.74, 6) is -1.02. The fourth-order valence-corrected chi connectivity index (χ4v) is 3.09. The molecule has 0 radical (unpaired) electrons. The highest BCUT2D eigenvalue weighted by Gasteiger charge is 2.42. The summed E-state index contributed by atoms with van der Waals surface area (Å²) in [5.41, 5.74) is 6.56. The third kappa shape index (κ3) is 2.39. The lowest BCUT2D eigenvalue weighted by atomic mass is 9.80. The van der Waals surface area contributed by atoms with E-state index < -0.39 is 17.7 Å². The summed E-state index contributed by atoms with van der Waals surface area (Å²) in [6, 6.07) is 2.03. The van der Waals surface area contributed by atoms with E-state index in [1.54, 1.807) is 6.92 Å². The highest BCUT2D eigenvalue weighted by Crippen LogP contribution is 2.40. The molecular formula is C15H21F2NO. The van der Waals surface area contributed by atoms with Gasteiger partial charge in [-0.15, -0.1) is 0 Å². The van der Waals surface area contributed by atoms with E-state index in [1.165, 1.54) is 12.1 Å². The quantitative estimate of drug-likeness (QED) is 0.893. The van der Waals surface area contributed by atoms with Crippen LogP contribution in [0, 0.1) is 30.4 Å². The van der Waals surface area contributed by atoms with E-state index in [1.807, 2.05) is 20.8 Å². The van der Waals surface area contributed by atoms with Gasteiger partial charge in [-0.25, -0.2) is 8.78 Å². The molecule has 1 aromatic carbocycles. The summed E-state index contributed by atoms with van der Waals surface area (Å²) < 4.78 is 33.8. The van der Waals surface area contributed by atoms with Crippen molar-refractivity contribution >= 4 is 0 Å². The predicted octanol–water partition coefficient (Wildman–Crippen LogP) is 3.33. The Hall–Kier alpha value is -1.00. The number of hydrogen-bond acceptors (Lipinski definition) is 2. The van der Waals surface area contributed by atoms with Crippen molar-refractivity contribution in [2.45, 2.75) is 45.9 Å². The monoisotopic (exact) mass is 269 g/mol. The molecule has 4 heteroatoms. The molecule has 1 aliphatic heterocycles. The van der Waals surface area contributed by atoms with Gasteiger partial charge in [-0.3, -0.25) is 0 Å². The Morgan fingerprint density at radius 2 is 1.79 bits per heavy atom. The summed E-state index contributed by atoms with van der Waals surface area (Å²) in [6.45, 7) is 7.52. The maximum atomic E-state index is 14.2. The van der Waals surface area contributed by atoms with Crippen LogP contribution in [0.4, 0.5) is 8.78 Å². The van der Waals surface area contributed by atoms with Crippen LogP contribution in [-0.2, 0) is 4.74 Å². The first-order chi connectivity index (χ1) is 8.84. The van der Waals surface area contributed by atoms with E-state index in [0.29, 0.717) is 5.56 Å². The van der Waals surface area contributed by atoms with Crippen molar-refractivity contribution in [2.24, 2.45) is 17.6 Å². The SMILES string of the molecule is Cc1ccc(F)c(C(N)C2C(C)OC(C)C2C)c1F. The molecule has 106 valence electrons. The molecule has 1 saturated heterocycles. The molecule has 2 N–H and O–H groups in total. The van der Waals surface area contributed by atoms with E-state index in [4.69, 9.17) is 10.5 Å². The van der Waals surface area contributed by atoms with Gasteiger partial charge in [0.15, 0.2) is 0 Å². The second kappa shape index (κ2) is 5.17. The largest absolute Gasteiger partial charge is 0.375 e. The molecule has 0 spiro atoms. The average molecular weight is 269 g/mol. The highest BCUT2D eigenvalue weighted by molar-refractivity contribution is 5.30. The summed E-state index contributed by atoms with van der Waals surface area (Å²) >= 11 is 0. The molecule has 1 aliphatic rings. The number of ether oxygens (including phenoxy) is 1. The Balaban J connectivity index is 2.40. The number of halogens is 2. The minimum absolute atomic E-state index is 0.0126. The van der Waals surface area contributed by atoms with Crippen LogP contribution in [0.2, 0.25) is 0 Å². The lowest BCUT2D eigenvalue weighted by molar-refractivity contribution is 0.0487. The minimum atomic E-state index is -0.685. The van der Waals surface area contributed by atoms with Crippen LogP contribution in [0.15, 0.2) is 12.1 Å². The first-order valence-electron chi connectivity index (χ1n) is 6.70. The molecule has 0 aromatic heterocycles. The van der Waals surface area contributed by atoms with Crippen LogP contribution in [-0.4, -0.2) is 12.2 Å². The van der Waals surface area contributed by atoms with Gasteiger partial charge in [0.05, 0.1) is 12.2 Å². The first-order valence-corrected chi connectivity index (χ1v) is 6.70. The van der Waals surface area contributed by atoms with Crippen LogP contribution in [0.3, 0.4) is 0 Å². The van der Waals surface area contributed by atoms with E-state index >= 15 is 0 Å². The van der Waals surface area contributed by atoms with Gasteiger partial charge < -0.3 is 10.5 Å². The van der Waals surface area contributed by atoms with Gasteiger partial charge in [0.25, 0.3) is 0 Å². The second-order valence-electron chi connectivity index (χ2n) is 5.60. The molecule has 0 aliphatic carbocycles. The van der Waals surface area contributed by atoms with E-state index in [2.05, 4.69) is 0 Å². The van der Waals surface area contributed by atoms with Crippen molar-refractivity contribution in [2.75, 3.05) is 0 Å². The third-order valence-corrected chi connectivity index (χ3v) is 4.39. The van der Waals surface area contributed by atoms with E-state index in [-0.39, 0.29) is 29.6 Å². The van der Waals surface area contributed by atoms with Gasteiger partial charge in [0.1, 0.15) is 11.6 Å². The maximum absolute atomic E-state index is 14.2. The van der Waals surface area contributed by atoms with Gasteiger partial charge in [-0.05, 0) is 38.3 Å². The molecule has 0 bridgehead atoms. The molecule has 1 fully saturated rings. The molecule has 5 atom stereocenters. The molecule has 2 rings (SSSR count). The van der Waals surface area contributed by atoms with Crippen LogP contribution in [0.5, 0.6) is 0 Å². The van der Waals surface area contributed by atoms with Crippen LogP contribution < -0.4 is 5.73 Å². The maximum Gasteiger partial charge on any atom is 0.133 e. The molecule has 1 aromatic rings. The topological polar surface area (TPSA) is 35.2 Å². The van der Waals surface area contributed by atoms with Gasteiger partial charge in [-0.1, -0.05) is 13.0 Å². The van der Waals surface area contributed by atoms with Crippen molar-refractivity contribution in [1.82, 2.24) is 0 Å². The number of nitrogens with two attached hydrogens (primary N) is 1. The van der Waals surface area contributed by atoms with Crippen LogP contribution >= 0.6 is 0 Å². The zero-order valence-corrected chi connectivity index (χ0v) is 11.8. The summed E-state index contributed by atoms with van der Waals surface area (Å²) in [5, 5.41) is 0. The number of hydrogen-bond donors (Lipinski definition) is 1. The molecule has 2 nitrogen and oxygen atoms in total. The Bertz CT molecular complexity index is 477. The highest BCUT2D eigenvalue weighted by atomic mass is 19.1. The Morgan fingerprint density at radius 1 is 1.16 bits per heavy atom. The smallest absolute Gasteiger partial charge is 0.133 e. The van der Waals surface area contributed by atoms with Gasteiger partial charge >= 0.3 is 0 Å².